The van der Waals surface area contributed by atoms with E-state index in [0.29, 0.717) is 6.54 Å². The summed E-state index contributed by atoms with van der Waals surface area (Å²) in [7, 11) is 0. The van der Waals surface area contributed by atoms with Crippen LogP contribution < -0.4 is 5.73 Å². The number of nitrogens with two attached hydrogens (primary N) is 1. The number of carbonyl (C=O) groups excluding carboxylic acids is 1. The van der Waals surface area contributed by atoms with Gasteiger partial charge in [-0.1, -0.05) is 13.8 Å². The van der Waals surface area contributed by atoms with E-state index in [2.05, 4.69) is 27.7 Å². The van der Waals surface area contributed by atoms with Crippen molar-refractivity contribution in [2.45, 2.75) is 59.4 Å². The first-order chi connectivity index (χ1) is 7.34. The summed E-state index contributed by atoms with van der Waals surface area (Å²) in [5.41, 5.74) is 5.39. The minimum absolute atomic E-state index is 0.0882. The van der Waals surface area contributed by atoms with E-state index in [9.17, 15) is 4.79 Å². The molecule has 0 radical (unpaired) electrons. The van der Waals surface area contributed by atoms with Crippen LogP contribution in [-0.4, -0.2) is 29.4 Å². The summed E-state index contributed by atoms with van der Waals surface area (Å²) in [4.78, 5) is 14.2. The maximum absolute atomic E-state index is 12.2. The van der Waals surface area contributed by atoms with Crippen molar-refractivity contribution < 1.29 is 4.79 Å². The first kappa shape index (κ1) is 15.4. The molecule has 2 N–H and O–H groups in total. The Morgan fingerprint density at radius 2 is 1.88 bits per heavy atom. The van der Waals surface area contributed by atoms with Gasteiger partial charge in [0.25, 0.3) is 0 Å². The molecule has 0 fully saturated rings. The van der Waals surface area contributed by atoms with Crippen molar-refractivity contribution >= 4 is 5.91 Å². The summed E-state index contributed by atoms with van der Waals surface area (Å²) >= 11 is 0. The van der Waals surface area contributed by atoms with Crippen LogP contribution in [0.1, 0.15) is 53.9 Å². The molecule has 16 heavy (non-hydrogen) atoms. The second-order valence-corrected chi connectivity index (χ2v) is 5.47. The molecule has 0 saturated carbocycles. The lowest BCUT2D eigenvalue weighted by Crippen LogP contribution is -2.48. The second-order valence-electron chi connectivity index (χ2n) is 5.47. The first-order valence-corrected chi connectivity index (χ1v) is 6.36. The molecule has 0 bridgehead atoms. The number of amides is 1. The third kappa shape index (κ3) is 4.97. The van der Waals surface area contributed by atoms with E-state index >= 15 is 0 Å². The first-order valence-electron chi connectivity index (χ1n) is 6.36. The quantitative estimate of drug-likeness (QED) is 0.710. The normalized spacial score (nSPS) is 13.6. The summed E-state index contributed by atoms with van der Waals surface area (Å²) in [6.07, 6.45) is 2.89. The average Bonchev–Trinajstić information content (AvgIpc) is 2.20. The van der Waals surface area contributed by atoms with Crippen LogP contribution in [-0.2, 0) is 4.79 Å². The van der Waals surface area contributed by atoms with Gasteiger partial charge in [-0.05, 0) is 46.6 Å². The molecule has 0 saturated heterocycles. The fraction of sp³-hybridized carbons (Fsp3) is 0.923. The summed E-state index contributed by atoms with van der Waals surface area (Å²) in [5, 5.41) is 0. The Morgan fingerprint density at radius 1 is 1.31 bits per heavy atom. The van der Waals surface area contributed by atoms with Crippen molar-refractivity contribution in [2.75, 3.05) is 13.1 Å². The number of nitrogens with zero attached hydrogens (tertiary/aromatic N) is 1. The van der Waals surface area contributed by atoms with Crippen molar-refractivity contribution in [1.82, 2.24) is 4.90 Å². The lowest BCUT2D eigenvalue weighted by Gasteiger charge is -2.37. The highest BCUT2D eigenvalue weighted by Crippen LogP contribution is 2.18. The number of rotatable bonds is 6. The van der Waals surface area contributed by atoms with Crippen molar-refractivity contribution in [2.24, 2.45) is 11.7 Å². The molecule has 0 aliphatic rings. The van der Waals surface area contributed by atoms with E-state index < -0.39 is 0 Å². The van der Waals surface area contributed by atoms with Crippen molar-refractivity contribution in [3.05, 3.63) is 0 Å². The lowest BCUT2D eigenvalue weighted by molar-refractivity contribution is -0.140. The van der Waals surface area contributed by atoms with Crippen LogP contribution in [0.4, 0.5) is 0 Å². The van der Waals surface area contributed by atoms with Gasteiger partial charge in [-0.25, -0.2) is 0 Å². The van der Waals surface area contributed by atoms with E-state index in [4.69, 9.17) is 5.73 Å². The van der Waals surface area contributed by atoms with Gasteiger partial charge in [-0.2, -0.15) is 0 Å². The van der Waals surface area contributed by atoms with Crippen LogP contribution in [0.3, 0.4) is 0 Å². The molecule has 0 spiro atoms. The molecule has 0 aromatic heterocycles. The van der Waals surface area contributed by atoms with Gasteiger partial charge in [0, 0.05) is 18.0 Å². The summed E-state index contributed by atoms with van der Waals surface area (Å²) in [6.45, 7) is 11.9. The van der Waals surface area contributed by atoms with Crippen molar-refractivity contribution in [3.63, 3.8) is 0 Å². The van der Waals surface area contributed by atoms with Crippen LogP contribution in [0.5, 0.6) is 0 Å². The highest BCUT2D eigenvalue weighted by molar-refractivity contribution is 5.79. The Balaban J connectivity index is 4.49. The third-order valence-corrected chi connectivity index (χ3v) is 2.95. The maximum atomic E-state index is 12.2. The van der Waals surface area contributed by atoms with Gasteiger partial charge < -0.3 is 10.6 Å². The molecule has 0 aliphatic carbocycles. The molecule has 0 aromatic rings. The molecule has 1 amide bonds. The van der Waals surface area contributed by atoms with Crippen LogP contribution in [0.15, 0.2) is 0 Å². The molecule has 3 nitrogen and oxygen atoms in total. The van der Waals surface area contributed by atoms with Gasteiger partial charge >= 0.3 is 0 Å². The lowest BCUT2D eigenvalue weighted by atomic mass is 10.00. The number of hydrogen-bond acceptors (Lipinski definition) is 2. The Labute approximate surface area is 100 Å². The monoisotopic (exact) mass is 228 g/mol. The fourth-order valence-corrected chi connectivity index (χ4v) is 1.63. The van der Waals surface area contributed by atoms with Crippen LogP contribution >= 0.6 is 0 Å². The van der Waals surface area contributed by atoms with E-state index in [1.807, 2.05) is 11.8 Å². The largest absolute Gasteiger partial charge is 0.338 e. The highest BCUT2D eigenvalue weighted by atomic mass is 16.2. The van der Waals surface area contributed by atoms with E-state index in [1.54, 1.807) is 0 Å². The summed E-state index contributed by atoms with van der Waals surface area (Å²) in [5.74, 6) is 0.393. The Kier molecular flexibility index (Phi) is 6.65. The van der Waals surface area contributed by atoms with Crippen molar-refractivity contribution in [3.8, 4) is 0 Å². The molecule has 0 heterocycles. The predicted molar refractivity (Wildman–Crippen MR) is 69.2 cm³/mol. The molecule has 0 aliphatic heterocycles. The zero-order valence-electron chi connectivity index (χ0n) is 11.5. The van der Waals surface area contributed by atoms with Crippen LogP contribution in [0.25, 0.3) is 0 Å². The van der Waals surface area contributed by atoms with E-state index in [-0.39, 0.29) is 17.4 Å². The Bertz CT molecular complexity index is 208. The molecule has 96 valence electrons. The number of hydrogen-bond donors (Lipinski definition) is 1. The maximum Gasteiger partial charge on any atom is 0.225 e. The van der Waals surface area contributed by atoms with Crippen LogP contribution in [0.2, 0.25) is 0 Å². The van der Waals surface area contributed by atoms with Gasteiger partial charge in [-0.3, -0.25) is 4.79 Å². The zero-order chi connectivity index (χ0) is 12.8. The standard InChI is InChI=1S/C13H28N2O/c1-6-11(2)12(16)15(13(3,4)5)10-8-7-9-14/h11H,6-10,14H2,1-5H3. The molecular formula is C13H28N2O. The summed E-state index contributed by atoms with van der Waals surface area (Å²) < 4.78 is 0. The van der Waals surface area contributed by atoms with Gasteiger partial charge in [0.15, 0.2) is 0 Å². The predicted octanol–water partition coefficient (Wildman–Crippen LogP) is 2.40. The molecule has 0 rings (SSSR count). The zero-order valence-corrected chi connectivity index (χ0v) is 11.5. The molecular weight excluding hydrogens is 200 g/mol. The number of unbranched alkanes of at least 4 members (excludes halogenated alkanes) is 1. The van der Waals surface area contributed by atoms with Gasteiger partial charge in [0.1, 0.15) is 0 Å². The average molecular weight is 228 g/mol. The fourth-order valence-electron chi connectivity index (χ4n) is 1.63. The molecule has 0 aromatic carbocycles. The Morgan fingerprint density at radius 3 is 2.25 bits per heavy atom. The third-order valence-electron chi connectivity index (χ3n) is 2.95. The molecule has 3 heteroatoms. The van der Waals surface area contributed by atoms with E-state index in [0.717, 1.165) is 25.8 Å². The molecule has 1 atom stereocenters. The van der Waals surface area contributed by atoms with Crippen molar-refractivity contribution in [1.29, 1.82) is 0 Å². The second kappa shape index (κ2) is 6.89. The molecule has 1 unspecified atom stereocenters. The minimum atomic E-state index is -0.0882. The Hall–Kier alpha value is -0.570. The number of carbonyl (C=O) groups is 1. The van der Waals surface area contributed by atoms with Crippen LogP contribution in [0, 0.1) is 5.92 Å². The topological polar surface area (TPSA) is 46.3 Å². The smallest absolute Gasteiger partial charge is 0.225 e. The highest BCUT2D eigenvalue weighted by Gasteiger charge is 2.28. The summed E-state index contributed by atoms with van der Waals surface area (Å²) in [6, 6.07) is 0. The van der Waals surface area contributed by atoms with E-state index in [1.165, 1.54) is 0 Å². The minimum Gasteiger partial charge on any atom is -0.338 e. The van der Waals surface area contributed by atoms with Gasteiger partial charge in [0.2, 0.25) is 5.91 Å². The van der Waals surface area contributed by atoms with Gasteiger partial charge in [0.05, 0.1) is 0 Å². The van der Waals surface area contributed by atoms with Gasteiger partial charge in [-0.15, -0.1) is 0 Å². The SMILES string of the molecule is CCC(C)C(=O)N(CCCCN)C(C)(C)C.